The van der Waals surface area contributed by atoms with E-state index in [2.05, 4.69) is 11.2 Å². The van der Waals surface area contributed by atoms with Crippen LogP contribution in [0, 0.1) is 13.8 Å². The predicted octanol–water partition coefficient (Wildman–Crippen LogP) is 2.91. The molecule has 0 unspecified atom stereocenters. The third-order valence-electron chi connectivity index (χ3n) is 2.97. The minimum absolute atomic E-state index is 0.196. The molecule has 0 aliphatic rings. The molecule has 0 atom stereocenters. The number of nitrogens with zero attached hydrogens (tertiary/aromatic N) is 2. The molecule has 0 saturated heterocycles. The first-order valence-corrected chi connectivity index (χ1v) is 6.53. The number of ketones is 1. The summed E-state index contributed by atoms with van der Waals surface area (Å²) in [5.74, 6) is 0.196. The average Bonchev–Trinajstić information content (AvgIpc) is 2.86. The van der Waals surface area contributed by atoms with Crippen molar-refractivity contribution in [1.29, 1.82) is 0 Å². The van der Waals surface area contributed by atoms with Crippen molar-refractivity contribution in [3.8, 4) is 0 Å². The molecular formula is C13H16N2OS. The van der Waals surface area contributed by atoms with E-state index in [1.807, 2.05) is 32.3 Å². The molecule has 17 heavy (non-hydrogen) atoms. The van der Waals surface area contributed by atoms with Crippen molar-refractivity contribution in [2.45, 2.75) is 26.7 Å². The first kappa shape index (κ1) is 12.0. The van der Waals surface area contributed by atoms with Crippen molar-refractivity contribution in [3.05, 3.63) is 39.3 Å². The molecule has 2 aromatic heterocycles. The van der Waals surface area contributed by atoms with Gasteiger partial charge in [-0.25, -0.2) is 0 Å². The number of carbonyl (C=O) groups is 1. The Kier molecular flexibility index (Phi) is 3.43. The summed E-state index contributed by atoms with van der Waals surface area (Å²) in [5, 5.41) is 6.32. The van der Waals surface area contributed by atoms with Gasteiger partial charge in [-0.2, -0.15) is 5.10 Å². The van der Waals surface area contributed by atoms with Gasteiger partial charge in [0.25, 0.3) is 0 Å². The Morgan fingerprint density at radius 3 is 2.76 bits per heavy atom. The molecule has 0 fully saturated rings. The van der Waals surface area contributed by atoms with E-state index in [4.69, 9.17) is 0 Å². The summed E-state index contributed by atoms with van der Waals surface area (Å²) in [5.41, 5.74) is 2.59. The highest BCUT2D eigenvalue weighted by atomic mass is 32.1. The van der Waals surface area contributed by atoms with Crippen LogP contribution in [0.2, 0.25) is 0 Å². The Morgan fingerprint density at radius 2 is 2.24 bits per heavy atom. The molecule has 2 heterocycles. The fraction of sp³-hybridized carbons (Fsp3) is 0.385. The van der Waals surface area contributed by atoms with Crippen molar-refractivity contribution in [3.63, 3.8) is 0 Å². The first-order chi connectivity index (χ1) is 8.09. The number of hydrogen-bond acceptors (Lipinski definition) is 3. The van der Waals surface area contributed by atoms with E-state index in [9.17, 15) is 4.79 Å². The van der Waals surface area contributed by atoms with Gasteiger partial charge in [-0.3, -0.25) is 9.48 Å². The van der Waals surface area contributed by atoms with Crippen LogP contribution in [0.15, 0.2) is 17.5 Å². The summed E-state index contributed by atoms with van der Waals surface area (Å²) in [6.07, 6.45) is 1.39. The predicted molar refractivity (Wildman–Crippen MR) is 69.7 cm³/mol. The van der Waals surface area contributed by atoms with Gasteiger partial charge in [-0.15, -0.1) is 11.3 Å². The summed E-state index contributed by atoms with van der Waals surface area (Å²) in [6, 6.07) is 4.09. The standard InChI is InChI=1S/C13H16N2OS/c1-9-13(10(2)15(3)14-9)12(16)7-6-11-5-4-8-17-11/h4-5,8H,6-7H2,1-3H3. The molecule has 0 bridgehead atoms. The summed E-state index contributed by atoms with van der Waals surface area (Å²) >= 11 is 1.70. The zero-order chi connectivity index (χ0) is 12.4. The van der Waals surface area contributed by atoms with Gasteiger partial charge in [0.2, 0.25) is 0 Å². The topological polar surface area (TPSA) is 34.9 Å². The Hall–Kier alpha value is -1.42. The number of aryl methyl sites for hydroxylation is 3. The van der Waals surface area contributed by atoms with Gasteiger partial charge in [-0.05, 0) is 31.7 Å². The van der Waals surface area contributed by atoms with Gasteiger partial charge in [-0.1, -0.05) is 6.07 Å². The lowest BCUT2D eigenvalue weighted by atomic mass is 10.0. The number of hydrogen-bond donors (Lipinski definition) is 0. The van der Waals surface area contributed by atoms with E-state index >= 15 is 0 Å². The Bertz CT molecular complexity index is 526. The lowest BCUT2D eigenvalue weighted by molar-refractivity contribution is 0.0982. The Balaban J connectivity index is 2.10. The average molecular weight is 248 g/mol. The van der Waals surface area contributed by atoms with Gasteiger partial charge in [0.1, 0.15) is 0 Å². The van der Waals surface area contributed by atoms with Crippen LogP contribution in [-0.2, 0) is 13.5 Å². The molecule has 0 aromatic carbocycles. The van der Waals surface area contributed by atoms with Crippen LogP contribution in [0.4, 0.5) is 0 Å². The van der Waals surface area contributed by atoms with E-state index in [0.29, 0.717) is 6.42 Å². The maximum atomic E-state index is 12.1. The SMILES string of the molecule is Cc1nn(C)c(C)c1C(=O)CCc1cccs1. The van der Waals surface area contributed by atoms with Gasteiger partial charge in [0, 0.05) is 24.0 Å². The highest BCUT2D eigenvalue weighted by Crippen LogP contribution is 2.17. The number of rotatable bonds is 4. The largest absolute Gasteiger partial charge is 0.294 e. The van der Waals surface area contributed by atoms with Crippen molar-refractivity contribution in [1.82, 2.24) is 9.78 Å². The summed E-state index contributed by atoms with van der Waals surface area (Å²) in [6.45, 7) is 3.84. The summed E-state index contributed by atoms with van der Waals surface area (Å²) in [4.78, 5) is 13.4. The molecule has 0 amide bonds. The van der Waals surface area contributed by atoms with Gasteiger partial charge in [0.15, 0.2) is 5.78 Å². The smallest absolute Gasteiger partial charge is 0.166 e. The quantitative estimate of drug-likeness (QED) is 0.780. The van der Waals surface area contributed by atoms with Crippen molar-refractivity contribution >= 4 is 17.1 Å². The summed E-state index contributed by atoms with van der Waals surface area (Å²) in [7, 11) is 1.87. The molecule has 0 aliphatic carbocycles. The van der Waals surface area contributed by atoms with E-state index < -0.39 is 0 Å². The lowest BCUT2D eigenvalue weighted by Gasteiger charge is -2.00. The van der Waals surface area contributed by atoms with Gasteiger partial charge in [0.05, 0.1) is 11.3 Å². The molecule has 0 N–H and O–H groups in total. The lowest BCUT2D eigenvalue weighted by Crippen LogP contribution is -2.04. The fourth-order valence-electron chi connectivity index (χ4n) is 1.99. The zero-order valence-electron chi connectivity index (χ0n) is 10.4. The molecular weight excluding hydrogens is 232 g/mol. The second-order valence-electron chi connectivity index (χ2n) is 4.17. The van der Waals surface area contributed by atoms with Crippen LogP contribution in [0.1, 0.15) is 33.0 Å². The van der Waals surface area contributed by atoms with Crippen LogP contribution >= 0.6 is 11.3 Å². The fourth-order valence-corrected chi connectivity index (χ4v) is 2.70. The van der Waals surface area contributed by atoms with Gasteiger partial charge < -0.3 is 0 Å². The number of carbonyl (C=O) groups excluding carboxylic acids is 1. The maximum Gasteiger partial charge on any atom is 0.166 e. The molecule has 0 aliphatic heterocycles. The molecule has 0 saturated carbocycles. The molecule has 3 nitrogen and oxygen atoms in total. The normalized spacial score (nSPS) is 10.8. The highest BCUT2D eigenvalue weighted by molar-refractivity contribution is 7.09. The number of thiophene rings is 1. The van der Waals surface area contributed by atoms with Crippen LogP contribution < -0.4 is 0 Å². The van der Waals surface area contributed by atoms with E-state index in [1.54, 1.807) is 16.0 Å². The second kappa shape index (κ2) is 4.84. The van der Waals surface area contributed by atoms with E-state index in [-0.39, 0.29) is 5.78 Å². The molecule has 2 aromatic rings. The second-order valence-corrected chi connectivity index (χ2v) is 5.20. The van der Waals surface area contributed by atoms with Gasteiger partial charge >= 0.3 is 0 Å². The van der Waals surface area contributed by atoms with E-state index in [1.165, 1.54) is 4.88 Å². The third kappa shape index (κ3) is 2.47. The molecule has 0 spiro atoms. The monoisotopic (exact) mass is 248 g/mol. The highest BCUT2D eigenvalue weighted by Gasteiger charge is 2.16. The maximum absolute atomic E-state index is 12.1. The van der Waals surface area contributed by atoms with Crippen LogP contribution in [0.5, 0.6) is 0 Å². The van der Waals surface area contributed by atoms with Crippen LogP contribution in [0.25, 0.3) is 0 Å². The van der Waals surface area contributed by atoms with Crippen LogP contribution in [-0.4, -0.2) is 15.6 Å². The van der Waals surface area contributed by atoms with Crippen LogP contribution in [0.3, 0.4) is 0 Å². The Labute approximate surface area is 105 Å². The minimum atomic E-state index is 0.196. The first-order valence-electron chi connectivity index (χ1n) is 5.65. The molecule has 90 valence electrons. The van der Waals surface area contributed by atoms with Crippen molar-refractivity contribution in [2.75, 3.05) is 0 Å². The Morgan fingerprint density at radius 1 is 1.47 bits per heavy atom. The zero-order valence-corrected chi connectivity index (χ0v) is 11.2. The van der Waals surface area contributed by atoms with E-state index in [0.717, 1.165) is 23.4 Å². The summed E-state index contributed by atoms with van der Waals surface area (Å²) < 4.78 is 1.77. The molecule has 2 rings (SSSR count). The third-order valence-corrected chi connectivity index (χ3v) is 3.90. The molecule has 4 heteroatoms. The minimum Gasteiger partial charge on any atom is -0.294 e. The van der Waals surface area contributed by atoms with Crippen molar-refractivity contribution < 1.29 is 4.79 Å². The number of Topliss-reactive ketones (excluding diaryl/α,β-unsaturated/α-hetero) is 1. The number of aromatic nitrogens is 2. The molecule has 0 radical (unpaired) electrons. The van der Waals surface area contributed by atoms with Crippen molar-refractivity contribution in [2.24, 2.45) is 7.05 Å².